The third kappa shape index (κ3) is 4.62. The van der Waals surface area contributed by atoms with Gasteiger partial charge in [0, 0.05) is 0 Å². The zero-order valence-electron chi connectivity index (χ0n) is 12.9. The molecule has 22 heavy (non-hydrogen) atoms. The zero-order chi connectivity index (χ0) is 15.8. The molecule has 0 aliphatic heterocycles. The van der Waals surface area contributed by atoms with Crippen molar-refractivity contribution < 1.29 is 8.42 Å². The third-order valence-electron chi connectivity index (χ3n) is 3.43. The number of hydrogen-bond acceptors (Lipinski definition) is 5. The first-order chi connectivity index (χ1) is 10.6. The van der Waals surface area contributed by atoms with E-state index in [0.29, 0.717) is 12.1 Å². The van der Waals surface area contributed by atoms with E-state index in [-0.39, 0.29) is 10.9 Å². The summed E-state index contributed by atoms with van der Waals surface area (Å²) in [5, 5.41) is 11.3. The van der Waals surface area contributed by atoms with Crippen molar-refractivity contribution in [2.24, 2.45) is 0 Å². The second kappa shape index (κ2) is 8.03. The van der Waals surface area contributed by atoms with Crippen molar-refractivity contribution >= 4 is 9.84 Å². The summed E-state index contributed by atoms with van der Waals surface area (Å²) in [5.41, 5.74) is 0.691. The van der Waals surface area contributed by atoms with Crippen LogP contribution in [0.5, 0.6) is 0 Å². The van der Waals surface area contributed by atoms with Crippen molar-refractivity contribution in [1.29, 1.82) is 0 Å². The second-order valence-corrected chi connectivity index (χ2v) is 7.29. The van der Waals surface area contributed by atoms with Crippen LogP contribution in [-0.4, -0.2) is 34.4 Å². The Morgan fingerprint density at radius 1 is 1.00 bits per heavy atom. The molecule has 1 heterocycles. The monoisotopic (exact) mass is 322 g/mol. The lowest BCUT2D eigenvalue weighted by atomic mass is 10.1. The van der Waals surface area contributed by atoms with E-state index in [2.05, 4.69) is 22.3 Å². The number of unbranched alkanes of at least 4 members (excludes halogenated alkanes) is 5. The molecule has 0 spiro atoms. The lowest BCUT2D eigenvalue weighted by molar-refractivity contribution is 0.575. The van der Waals surface area contributed by atoms with Crippen molar-refractivity contribution in [2.75, 3.05) is 5.75 Å². The van der Waals surface area contributed by atoms with Crippen LogP contribution in [0.1, 0.15) is 45.4 Å². The van der Waals surface area contributed by atoms with Gasteiger partial charge < -0.3 is 0 Å². The number of para-hydroxylation sites is 1. The van der Waals surface area contributed by atoms with E-state index >= 15 is 0 Å². The number of nitrogens with zero attached hydrogens (tertiary/aromatic N) is 4. The third-order valence-corrected chi connectivity index (χ3v) is 4.97. The molecule has 0 bridgehead atoms. The summed E-state index contributed by atoms with van der Waals surface area (Å²) >= 11 is 0. The fraction of sp³-hybridized carbons (Fsp3) is 0.533. The Morgan fingerprint density at radius 3 is 2.41 bits per heavy atom. The topological polar surface area (TPSA) is 77.7 Å². The maximum Gasteiger partial charge on any atom is 0.288 e. The Labute approximate surface area is 131 Å². The Balaban J connectivity index is 1.92. The minimum atomic E-state index is -3.45. The van der Waals surface area contributed by atoms with Gasteiger partial charge in [0.05, 0.1) is 11.4 Å². The highest BCUT2D eigenvalue weighted by molar-refractivity contribution is 7.91. The van der Waals surface area contributed by atoms with E-state index < -0.39 is 9.84 Å². The highest BCUT2D eigenvalue weighted by Gasteiger charge is 2.20. The van der Waals surface area contributed by atoms with Crippen LogP contribution >= 0.6 is 0 Å². The van der Waals surface area contributed by atoms with Gasteiger partial charge in [-0.25, -0.2) is 8.42 Å². The number of tetrazole rings is 1. The number of sulfone groups is 1. The van der Waals surface area contributed by atoms with Gasteiger partial charge in [-0.1, -0.05) is 62.3 Å². The van der Waals surface area contributed by atoms with Gasteiger partial charge in [-0.15, -0.1) is 9.90 Å². The number of rotatable bonds is 9. The first kappa shape index (κ1) is 16.6. The lowest BCUT2D eigenvalue weighted by Crippen LogP contribution is -2.09. The first-order valence-corrected chi connectivity index (χ1v) is 9.37. The molecule has 120 valence electrons. The molecule has 1 aromatic carbocycles. The highest BCUT2D eigenvalue weighted by Crippen LogP contribution is 2.11. The minimum absolute atomic E-state index is 0.0829. The van der Waals surface area contributed by atoms with Crippen LogP contribution in [0.15, 0.2) is 35.5 Å². The molecular weight excluding hydrogens is 300 g/mol. The molecule has 0 N–H and O–H groups in total. The first-order valence-electron chi connectivity index (χ1n) is 7.71. The van der Waals surface area contributed by atoms with Crippen LogP contribution in [0.4, 0.5) is 0 Å². The Kier molecular flexibility index (Phi) is 6.06. The van der Waals surface area contributed by atoms with Crippen molar-refractivity contribution in [2.45, 2.75) is 50.6 Å². The molecule has 0 radical (unpaired) electrons. The van der Waals surface area contributed by atoms with E-state index in [9.17, 15) is 8.42 Å². The Morgan fingerprint density at radius 2 is 1.68 bits per heavy atom. The van der Waals surface area contributed by atoms with E-state index in [1.54, 1.807) is 12.1 Å². The molecule has 0 aliphatic rings. The quantitative estimate of drug-likeness (QED) is 0.663. The molecule has 0 saturated heterocycles. The average molecular weight is 322 g/mol. The smallest absolute Gasteiger partial charge is 0.220 e. The normalized spacial score (nSPS) is 11.7. The molecule has 2 aromatic rings. The zero-order valence-corrected chi connectivity index (χ0v) is 13.7. The van der Waals surface area contributed by atoms with Gasteiger partial charge in [0.1, 0.15) is 0 Å². The fourth-order valence-electron chi connectivity index (χ4n) is 2.16. The molecule has 0 fully saturated rings. The largest absolute Gasteiger partial charge is 0.288 e. The summed E-state index contributed by atoms with van der Waals surface area (Å²) in [6.07, 6.45) is 6.20. The molecule has 7 heteroatoms. The predicted octanol–water partition coefficient (Wildman–Crippen LogP) is 2.80. The minimum Gasteiger partial charge on any atom is -0.220 e. The predicted molar refractivity (Wildman–Crippen MR) is 84.6 cm³/mol. The molecule has 0 aliphatic carbocycles. The SMILES string of the molecule is CCCCCCCCS(=O)(=O)c1nnn(-c2ccccc2)n1. The van der Waals surface area contributed by atoms with E-state index in [1.165, 1.54) is 24.1 Å². The summed E-state index contributed by atoms with van der Waals surface area (Å²) in [5.74, 6) is 0.0829. The molecule has 0 saturated carbocycles. The van der Waals surface area contributed by atoms with Crippen molar-refractivity contribution in [3.05, 3.63) is 30.3 Å². The van der Waals surface area contributed by atoms with Crippen LogP contribution in [0.3, 0.4) is 0 Å². The van der Waals surface area contributed by atoms with Crippen LogP contribution in [-0.2, 0) is 9.84 Å². The fourth-order valence-corrected chi connectivity index (χ4v) is 3.29. The summed E-state index contributed by atoms with van der Waals surface area (Å²) in [4.78, 5) is 1.24. The molecule has 2 rings (SSSR count). The molecule has 0 amide bonds. The van der Waals surface area contributed by atoms with Crippen molar-refractivity contribution in [3.8, 4) is 5.69 Å². The van der Waals surface area contributed by atoms with Crippen molar-refractivity contribution in [1.82, 2.24) is 20.2 Å². The molecular formula is C15H22N4O2S. The lowest BCUT2D eigenvalue weighted by Gasteiger charge is -2.00. The number of aromatic nitrogens is 4. The molecule has 6 nitrogen and oxygen atoms in total. The Bertz CT molecular complexity index is 668. The summed E-state index contributed by atoms with van der Waals surface area (Å²) in [6.45, 7) is 2.16. The van der Waals surface area contributed by atoms with Gasteiger partial charge >= 0.3 is 0 Å². The average Bonchev–Trinajstić information content (AvgIpc) is 3.02. The highest BCUT2D eigenvalue weighted by atomic mass is 32.2. The van der Waals surface area contributed by atoms with Gasteiger partial charge in [0.15, 0.2) is 0 Å². The van der Waals surface area contributed by atoms with Gasteiger partial charge in [-0.2, -0.15) is 0 Å². The Hall–Kier alpha value is -1.76. The van der Waals surface area contributed by atoms with E-state index in [4.69, 9.17) is 0 Å². The summed E-state index contributed by atoms with van der Waals surface area (Å²) < 4.78 is 24.4. The molecule has 1 aromatic heterocycles. The van der Waals surface area contributed by atoms with Crippen molar-refractivity contribution in [3.63, 3.8) is 0 Å². The van der Waals surface area contributed by atoms with Crippen LogP contribution in [0.25, 0.3) is 5.69 Å². The number of benzene rings is 1. The van der Waals surface area contributed by atoms with Gasteiger partial charge in [-0.3, -0.25) is 0 Å². The van der Waals surface area contributed by atoms with Gasteiger partial charge in [-0.05, 0) is 23.8 Å². The van der Waals surface area contributed by atoms with Crippen LogP contribution in [0.2, 0.25) is 0 Å². The van der Waals surface area contributed by atoms with Gasteiger partial charge in [0.2, 0.25) is 9.84 Å². The van der Waals surface area contributed by atoms with Gasteiger partial charge in [0.25, 0.3) is 5.16 Å². The standard InChI is InChI=1S/C15H22N4O2S/c1-2-3-4-5-6-10-13-22(20,21)15-16-18-19(17-15)14-11-8-7-9-12-14/h7-9,11-12H,2-6,10,13H2,1H3. The van der Waals surface area contributed by atoms with E-state index in [0.717, 1.165) is 12.8 Å². The second-order valence-electron chi connectivity index (χ2n) is 5.28. The molecule has 0 atom stereocenters. The van der Waals surface area contributed by atoms with E-state index in [1.807, 2.05) is 18.2 Å². The molecule has 0 unspecified atom stereocenters. The number of hydrogen-bond donors (Lipinski definition) is 0. The van der Waals surface area contributed by atoms with Crippen LogP contribution < -0.4 is 0 Å². The maximum absolute atomic E-state index is 12.2. The summed E-state index contributed by atoms with van der Waals surface area (Å²) in [7, 11) is -3.45. The summed E-state index contributed by atoms with van der Waals surface area (Å²) in [6, 6.07) is 9.14. The maximum atomic E-state index is 12.2. The van der Waals surface area contributed by atoms with Crippen LogP contribution in [0, 0.1) is 0 Å².